The number of guanidine groups is 1. The third-order valence-electron chi connectivity index (χ3n) is 2.87. The molecule has 4 heteroatoms. The second-order valence-corrected chi connectivity index (χ2v) is 5.98. The molecule has 0 aliphatic carbocycles. The molecule has 0 amide bonds. The van der Waals surface area contributed by atoms with Gasteiger partial charge in [-0.15, -0.1) is 0 Å². The first-order valence-electron chi connectivity index (χ1n) is 6.08. The maximum Gasteiger partial charge on any atom is 0.189 e. The Labute approximate surface area is 99.3 Å². The van der Waals surface area contributed by atoms with E-state index in [1.165, 1.54) is 0 Å². The van der Waals surface area contributed by atoms with Gasteiger partial charge in [0, 0.05) is 12.1 Å². The molecule has 0 radical (unpaired) electrons. The van der Waals surface area contributed by atoms with Crippen LogP contribution in [-0.4, -0.2) is 42.6 Å². The fraction of sp³-hybridized carbons (Fsp3) is 0.917. The summed E-state index contributed by atoms with van der Waals surface area (Å²) in [7, 11) is 2.16. The highest BCUT2D eigenvalue weighted by Gasteiger charge is 2.24. The molecule has 1 rings (SSSR count). The van der Waals surface area contributed by atoms with E-state index < -0.39 is 0 Å². The van der Waals surface area contributed by atoms with Gasteiger partial charge in [0.15, 0.2) is 5.96 Å². The van der Waals surface area contributed by atoms with Gasteiger partial charge in [-0.25, -0.2) is 4.99 Å². The zero-order valence-electron chi connectivity index (χ0n) is 11.2. The Hall–Kier alpha value is -0.770. The molecule has 2 atom stereocenters. The van der Waals surface area contributed by atoms with Gasteiger partial charge in [-0.2, -0.15) is 0 Å². The van der Waals surface area contributed by atoms with Crippen molar-refractivity contribution in [1.82, 2.24) is 10.2 Å². The van der Waals surface area contributed by atoms with Crippen LogP contribution >= 0.6 is 0 Å². The zero-order valence-corrected chi connectivity index (χ0v) is 11.2. The lowest BCUT2D eigenvalue weighted by Crippen LogP contribution is -2.47. The highest BCUT2D eigenvalue weighted by Crippen LogP contribution is 2.18. The second-order valence-electron chi connectivity index (χ2n) is 5.98. The van der Waals surface area contributed by atoms with Gasteiger partial charge in [0.1, 0.15) is 0 Å². The van der Waals surface area contributed by atoms with E-state index in [4.69, 9.17) is 5.73 Å². The topological polar surface area (TPSA) is 53.6 Å². The molecule has 1 fully saturated rings. The third kappa shape index (κ3) is 4.39. The van der Waals surface area contributed by atoms with Gasteiger partial charge < -0.3 is 16.0 Å². The number of hydrogen-bond donors (Lipinski definition) is 2. The van der Waals surface area contributed by atoms with Gasteiger partial charge >= 0.3 is 0 Å². The van der Waals surface area contributed by atoms with Crippen LogP contribution in [0.3, 0.4) is 0 Å². The fourth-order valence-electron chi connectivity index (χ4n) is 2.13. The average Bonchev–Trinajstić information content (AvgIpc) is 2.06. The first-order valence-corrected chi connectivity index (χ1v) is 6.08. The molecule has 0 aromatic carbocycles. The van der Waals surface area contributed by atoms with Crippen LogP contribution in [0.25, 0.3) is 0 Å². The Balaban J connectivity index is 2.55. The number of nitrogens with one attached hydrogen (secondary N) is 1. The van der Waals surface area contributed by atoms with Crippen molar-refractivity contribution in [2.45, 2.75) is 45.7 Å². The van der Waals surface area contributed by atoms with Gasteiger partial charge in [-0.1, -0.05) is 6.92 Å². The lowest BCUT2D eigenvalue weighted by Gasteiger charge is -2.33. The molecule has 1 aliphatic heterocycles. The Morgan fingerprint density at radius 3 is 2.56 bits per heavy atom. The van der Waals surface area contributed by atoms with Crippen molar-refractivity contribution >= 4 is 5.96 Å². The maximum absolute atomic E-state index is 5.91. The number of aliphatic imine (C=N–C) groups is 1. The van der Waals surface area contributed by atoms with Crippen LogP contribution in [0.4, 0.5) is 0 Å². The standard InChI is InChI=1S/C12H26N4/c1-9-8-16(5)7-6-10(9)14-11(13)15-12(2,3)4/h9-10H,6-8H2,1-5H3,(H3,13,14,15). The summed E-state index contributed by atoms with van der Waals surface area (Å²) >= 11 is 0. The van der Waals surface area contributed by atoms with E-state index in [1.54, 1.807) is 0 Å². The minimum absolute atomic E-state index is 0.0116. The molecule has 94 valence electrons. The van der Waals surface area contributed by atoms with Gasteiger partial charge in [0.05, 0.1) is 6.04 Å². The number of nitrogens with zero attached hydrogens (tertiary/aromatic N) is 2. The Bertz CT molecular complexity index is 254. The van der Waals surface area contributed by atoms with Gasteiger partial charge in [0.25, 0.3) is 0 Å². The molecule has 1 saturated heterocycles. The summed E-state index contributed by atoms with van der Waals surface area (Å²) in [6, 6.07) is 0.367. The summed E-state index contributed by atoms with van der Waals surface area (Å²) in [5.41, 5.74) is 5.90. The molecule has 0 aromatic heterocycles. The minimum Gasteiger partial charge on any atom is -0.370 e. The van der Waals surface area contributed by atoms with Gasteiger partial charge in [-0.05, 0) is 46.7 Å². The van der Waals surface area contributed by atoms with E-state index in [2.05, 4.69) is 50.0 Å². The summed E-state index contributed by atoms with van der Waals surface area (Å²) in [6.07, 6.45) is 1.10. The van der Waals surface area contributed by atoms with E-state index >= 15 is 0 Å². The van der Waals surface area contributed by atoms with Gasteiger partial charge in [0.2, 0.25) is 0 Å². The van der Waals surface area contributed by atoms with E-state index in [1.807, 2.05) is 0 Å². The number of piperidine rings is 1. The first-order chi connectivity index (χ1) is 7.28. The molecule has 0 aromatic rings. The molecule has 0 spiro atoms. The summed E-state index contributed by atoms with van der Waals surface area (Å²) in [5.74, 6) is 1.16. The Morgan fingerprint density at radius 1 is 1.44 bits per heavy atom. The summed E-state index contributed by atoms with van der Waals surface area (Å²) in [4.78, 5) is 6.94. The zero-order chi connectivity index (χ0) is 12.3. The van der Waals surface area contributed by atoms with Crippen molar-refractivity contribution in [2.75, 3.05) is 20.1 Å². The minimum atomic E-state index is -0.0116. The number of hydrogen-bond acceptors (Lipinski definition) is 2. The first kappa shape index (κ1) is 13.3. The van der Waals surface area contributed by atoms with Crippen molar-refractivity contribution in [3.05, 3.63) is 0 Å². The quantitative estimate of drug-likeness (QED) is 0.519. The lowest BCUT2D eigenvalue weighted by atomic mass is 9.95. The van der Waals surface area contributed by atoms with E-state index in [9.17, 15) is 0 Å². The number of likely N-dealkylation sites (tertiary alicyclic amines) is 1. The highest BCUT2D eigenvalue weighted by atomic mass is 15.2. The summed E-state index contributed by atoms with van der Waals surface area (Å²) in [5, 5.41) is 3.21. The largest absolute Gasteiger partial charge is 0.370 e. The SMILES string of the molecule is CC1CN(C)CCC1N=C(N)NC(C)(C)C. The van der Waals surface area contributed by atoms with Crippen LogP contribution in [-0.2, 0) is 0 Å². The average molecular weight is 226 g/mol. The van der Waals surface area contributed by atoms with E-state index in [0.717, 1.165) is 19.5 Å². The fourth-order valence-corrected chi connectivity index (χ4v) is 2.13. The molecule has 1 heterocycles. The Morgan fingerprint density at radius 2 is 2.06 bits per heavy atom. The molecule has 4 nitrogen and oxygen atoms in total. The molecule has 0 bridgehead atoms. The van der Waals surface area contributed by atoms with Crippen LogP contribution in [0.5, 0.6) is 0 Å². The van der Waals surface area contributed by atoms with Crippen molar-refractivity contribution in [3.63, 3.8) is 0 Å². The summed E-state index contributed by atoms with van der Waals surface area (Å²) < 4.78 is 0. The van der Waals surface area contributed by atoms with E-state index in [-0.39, 0.29) is 5.54 Å². The molecule has 16 heavy (non-hydrogen) atoms. The van der Waals surface area contributed by atoms with Crippen LogP contribution in [0.2, 0.25) is 0 Å². The normalized spacial score (nSPS) is 29.2. The number of nitrogens with two attached hydrogens (primary N) is 1. The van der Waals surface area contributed by atoms with Crippen molar-refractivity contribution in [2.24, 2.45) is 16.6 Å². The van der Waals surface area contributed by atoms with E-state index in [0.29, 0.717) is 17.9 Å². The lowest BCUT2D eigenvalue weighted by molar-refractivity contribution is 0.198. The summed E-state index contributed by atoms with van der Waals surface area (Å²) in [6.45, 7) is 10.7. The van der Waals surface area contributed by atoms with Crippen LogP contribution in [0, 0.1) is 5.92 Å². The smallest absolute Gasteiger partial charge is 0.189 e. The predicted octanol–water partition coefficient (Wildman–Crippen LogP) is 1.03. The molecule has 1 aliphatic rings. The molecule has 3 N–H and O–H groups in total. The van der Waals surface area contributed by atoms with Gasteiger partial charge in [-0.3, -0.25) is 0 Å². The highest BCUT2D eigenvalue weighted by molar-refractivity contribution is 5.78. The second kappa shape index (κ2) is 5.04. The van der Waals surface area contributed by atoms with Crippen molar-refractivity contribution < 1.29 is 0 Å². The Kier molecular flexibility index (Phi) is 4.19. The molecule has 2 unspecified atom stereocenters. The molecular weight excluding hydrogens is 200 g/mol. The van der Waals surface area contributed by atoms with Crippen molar-refractivity contribution in [1.29, 1.82) is 0 Å². The predicted molar refractivity (Wildman–Crippen MR) is 69.6 cm³/mol. The van der Waals surface area contributed by atoms with Crippen molar-refractivity contribution in [3.8, 4) is 0 Å². The third-order valence-corrected chi connectivity index (χ3v) is 2.87. The molecule has 0 saturated carbocycles. The van der Waals surface area contributed by atoms with Crippen LogP contribution < -0.4 is 11.1 Å². The molecular formula is C12H26N4. The van der Waals surface area contributed by atoms with Crippen LogP contribution in [0.1, 0.15) is 34.1 Å². The maximum atomic E-state index is 5.91. The number of rotatable bonds is 1. The van der Waals surface area contributed by atoms with Crippen LogP contribution in [0.15, 0.2) is 4.99 Å². The monoisotopic (exact) mass is 226 g/mol.